The first-order chi connectivity index (χ1) is 11.7. The Hall–Kier alpha value is -2.24. The summed E-state index contributed by atoms with van der Waals surface area (Å²) >= 11 is 6.04. The Balaban J connectivity index is 1.93. The van der Waals surface area contributed by atoms with Gasteiger partial charge in [-0.25, -0.2) is 0 Å². The first-order valence-electron chi connectivity index (χ1n) is 8.19. The van der Waals surface area contributed by atoms with Crippen LogP contribution in [-0.4, -0.2) is 37.0 Å². The summed E-state index contributed by atoms with van der Waals surface area (Å²) in [6.45, 7) is 2.43. The molecule has 0 radical (unpaired) electrons. The van der Waals surface area contributed by atoms with Crippen molar-refractivity contribution in [2.75, 3.05) is 31.1 Å². The summed E-state index contributed by atoms with van der Waals surface area (Å²) in [5, 5.41) is 18.2. The third kappa shape index (κ3) is 4.88. The van der Waals surface area contributed by atoms with E-state index in [1.807, 2.05) is 24.3 Å². The number of halogens is 1. The van der Waals surface area contributed by atoms with Crippen LogP contribution in [0.3, 0.4) is 0 Å². The Morgan fingerprint density at radius 2 is 1.83 bits per heavy atom. The molecule has 2 rings (SSSR count). The highest BCUT2D eigenvalue weighted by Crippen LogP contribution is 2.26. The van der Waals surface area contributed by atoms with Gasteiger partial charge in [0.2, 0.25) is 5.91 Å². The first kappa shape index (κ1) is 18.1. The monoisotopic (exact) mass is 344 g/mol. The quantitative estimate of drug-likeness (QED) is 0.794. The number of piperidine rings is 1. The van der Waals surface area contributed by atoms with Crippen molar-refractivity contribution >= 4 is 23.2 Å². The van der Waals surface area contributed by atoms with Gasteiger partial charge in [0, 0.05) is 42.8 Å². The van der Waals surface area contributed by atoms with Crippen molar-refractivity contribution in [2.45, 2.75) is 25.7 Å². The van der Waals surface area contributed by atoms with E-state index in [-0.39, 0.29) is 11.8 Å². The van der Waals surface area contributed by atoms with Crippen molar-refractivity contribution in [3.05, 3.63) is 29.3 Å². The van der Waals surface area contributed by atoms with E-state index in [0.29, 0.717) is 31.0 Å². The number of anilines is 1. The Morgan fingerprint density at radius 1 is 1.21 bits per heavy atom. The van der Waals surface area contributed by atoms with Crippen LogP contribution >= 0.6 is 11.6 Å². The van der Waals surface area contributed by atoms with Gasteiger partial charge < -0.3 is 9.80 Å². The molecule has 0 saturated carbocycles. The summed E-state index contributed by atoms with van der Waals surface area (Å²) in [6.07, 6.45) is 2.17. The Bertz CT molecular complexity index is 623. The van der Waals surface area contributed by atoms with Gasteiger partial charge >= 0.3 is 0 Å². The summed E-state index contributed by atoms with van der Waals surface area (Å²) in [6, 6.07) is 11.9. The highest BCUT2D eigenvalue weighted by molar-refractivity contribution is 6.30. The normalized spacial score (nSPS) is 14.7. The topological polar surface area (TPSA) is 71.1 Å². The zero-order chi connectivity index (χ0) is 17.4. The minimum Gasteiger partial charge on any atom is -0.371 e. The van der Waals surface area contributed by atoms with Crippen LogP contribution in [0.1, 0.15) is 25.7 Å². The molecule has 1 fully saturated rings. The molecule has 5 nitrogen and oxygen atoms in total. The van der Waals surface area contributed by atoms with Crippen molar-refractivity contribution in [2.24, 2.45) is 5.92 Å². The maximum absolute atomic E-state index is 12.7. The third-order valence-corrected chi connectivity index (χ3v) is 4.55. The second-order valence-electron chi connectivity index (χ2n) is 5.88. The maximum atomic E-state index is 12.7. The number of carbonyl (C=O) groups is 1. The fourth-order valence-corrected chi connectivity index (χ4v) is 3.20. The van der Waals surface area contributed by atoms with E-state index in [1.54, 1.807) is 4.90 Å². The molecular formula is C18H21ClN4O. The van der Waals surface area contributed by atoms with Crippen molar-refractivity contribution < 1.29 is 4.79 Å². The standard InChI is InChI=1S/C18H21ClN4O/c19-16-4-1-5-17(14-16)22-12-6-15(7-13-22)18(24)23(10-2-8-20)11-3-9-21/h1,4-5,14-15H,2-3,6-7,10-13H2. The highest BCUT2D eigenvalue weighted by Gasteiger charge is 2.28. The SMILES string of the molecule is N#CCCN(CCC#N)C(=O)C1CCN(c2cccc(Cl)c2)CC1. The molecular weight excluding hydrogens is 324 g/mol. The van der Waals surface area contributed by atoms with Gasteiger partial charge in [-0.05, 0) is 31.0 Å². The summed E-state index contributed by atoms with van der Waals surface area (Å²) < 4.78 is 0. The minimum absolute atomic E-state index is 0.0298. The van der Waals surface area contributed by atoms with E-state index in [9.17, 15) is 4.79 Å². The van der Waals surface area contributed by atoms with Crippen LogP contribution in [-0.2, 0) is 4.79 Å². The molecule has 1 amide bonds. The van der Waals surface area contributed by atoms with Crippen molar-refractivity contribution in [3.8, 4) is 12.1 Å². The van der Waals surface area contributed by atoms with Crippen molar-refractivity contribution in [1.82, 2.24) is 4.90 Å². The smallest absolute Gasteiger partial charge is 0.225 e. The van der Waals surface area contributed by atoms with Crippen LogP contribution in [0.4, 0.5) is 5.69 Å². The van der Waals surface area contributed by atoms with E-state index in [0.717, 1.165) is 31.6 Å². The molecule has 1 aromatic carbocycles. The Kier molecular flexibility index (Phi) is 6.90. The second-order valence-corrected chi connectivity index (χ2v) is 6.32. The summed E-state index contributed by atoms with van der Waals surface area (Å²) in [7, 11) is 0. The van der Waals surface area contributed by atoms with Crippen molar-refractivity contribution in [3.63, 3.8) is 0 Å². The predicted octanol–water partition coefficient (Wildman–Crippen LogP) is 3.21. The lowest BCUT2D eigenvalue weighted by molar-refractivity contribution is -0.136. The number of carbonyl (C=O) groups excluding carboxylic acids is 1. The fraction of sp³-hybridized carbons (Fsp3) is 0.500. The number of nitrogens with zero attached hydrogens (tertiary/aromatic N) is 4. The number of nitriles is 2. The molecule has 1 aliphatic heterocycles. The molecule has 1 heterocycles. The molecule has 0 atom stereocenters. The summed E-state index contributed by atoms with van der Waals surface area (Å²) in [5.74, 6) is 0.0454. The maximum Gasteiger partial charge on any atom is 0.225 e. The molecule has 0 aromatic heterocycles. The van der Waals surface area contributed by atoms with Gasteiger partial charge in [-0.2, -0.15) is 10.5 Å². The molecule has 1 aromatic rings. The van der Waals surface area contributed by atoms with Crippen LogP contribution in [0.25, 0.3) is 0 Å². The van der Waals surface area contributed by atoms with Gasteiger partial charge in [-0.15, -0.1) is 0 Å². The number of rotatable bonds is 6. The molecule has 1 aliphatic rings. The van der Waals surface area contributed by atoms with E-state index < -0.39 is 0 Å². The zero-order valence-electron chi connectivity index (χ0n) is 13.6. The van der Waals surface area contributed by atoms with Crippen LogP contribution < -0.4 is 4.90 Å². The van der Waals surface area contributed by atoms with Gasteiger partial charge in [0.25, 0.3) is 0 Å². The number of hydrogen-bond donors (Lipinski definition) is 0. The third-order valence-electron chi connectivity index (χ3n) is 4.32. The Labute approximate surface area is 148 Å². The number of benzene rings is 1. The van der Waals surface area contributed by atoms with Gasteiger partial charge in [-0.1, -0.05) is 17.7 Å². The number of hydrogen-bond acceptors (Lipinski definition) is 4. The van der Waals surface area contributed by atoms with Crippen LogP contribution in [0.2, 0.25) is 5.02 Å². The van der Waals surface area contributed by atoms with E-state index in [1.165, 1.54) is 0 Å². The van der Waals surface area contributed by atoms with Gasteiger partial charge in [0.05, 0.1) is 25.0 Å². The largest absolute Gasteiger partial charge is 0.371 e. The lowest BCUT2D eigenvalue weighted by atomic mass is 9.94. The molecule has 24 heavy (non-hydrogen) atoms. The molecule has 126 valence electrons. The zero-order valence-corrected chi connectivity index (χ0v) is 14.4. The van der Waals surface area contributed by atoms with E-state index in [2.05, 4.69) is 17.0 Å². The molecule has 0 unspecified atom stereocenters. The molecule has 0 N–H and O–H groups in total. The fourth-order valence-electron chi connectivity index (χ4n) is 3.02. The summed E-state index contributed by atoms with van der Waals surface area (Å²) in [5.41, 5.74) is 1.08. The highest BCUT2D eigenvalue weighted by atomic mass is 35.5. The molecule has 0 spiro atoms. The average molecular weight is 345 g/mol. The van der Waals surface area contributed by atoms with Gasteiger partial charge in [0.1, 0.15) is 0 Å². The second kappa shape index (κ2) is 9.15. The Morgan fingerprint density at radius 3 is 2.38 bits per heavy atom. The molecule has 0 aliphatic carbocycles. The molecule has 0 bridgehead atoms. The summed E-state index contributed by atoms with van der Waals surface area (Å²) in [4.78, 5) is 16.6. The minimum atomic E-state index is -0.0298. The van der Waals surface area contributed by atoms with Gasteiger partial charge in [-0.3, -0.25) is 4.79 Å². The average Bonchev–Trinajstić information content (AvgIpc) is 2.61. The van der Waals surface area contributed by atoms with Crippen molar-refractivity contribution in [1.29, 1.82) is 10.5 Å². The van der Waals surface area contributed by atoms with Crippen LogP contribution in [0.15, 0.2) is 24.3 Å². The first-order valence-corrected chi connectivity index (χ1v) is 8.56. The van der Waals surface area contributed by atoms with Crippen LogP contribution in [0.5, 0.6) is 0 Å². The predicted molar refractivity (Wildman–Crippen MR) is 93.4 cm³/mol. The lowest BCUT2D eigenvalue weighted by Crippen LogP contribution is -2.43. The van der Waals surface area contributed by atoms with Crippen LogP contribution in [0, 0.1) is 28.6 Å². The van der Waals surface area contributed by atoms with E-state index in [4.69, 9.17) is 22.1 Å². The molecule has 6 heteroatoms. The number of amides is 1. The molecule has 1 saturated heterocycles. The van der Waals surface area contributed by atoms with E-state index >= 15 is 0 Å². The van der Waals surface area contributed by atoms with Gasteiger partial charge in [0.15, 0.2) is 0 Å². The lowest BCUT2D eigenvalue weighted by Gasteiger charge is -2.35.